The number of thioether (sulfide) groups is 1. The SMILES string of the molecule is CCOc1ccc(Cl)cc1/C=C1\SC(=Nc2ccc(OC)cc2)NC1=O. The van der Waals surface area contributed by atoms with E-state index in [1.165, 1.54) is 11.8 Å². The first-order chi connectivity index (χ1) is 12.6. The molecule has 1 aliphatic rings. The summed E-state index contributed by atoms with van der Waals surface area (Å²) >= 11 is 7.35. The van der Waals surface area contributed by atoms with Gasteiger partial charge in [-0.15, -0.1) is 0 Å². The van der Waals surface area contributed by atoms with Gasteiger partial charge >= 0.3 is 0 Å². The van der Waals surface area contributed by atoms with Gasteiger partial charge in [-0.2, -0.15) is 0 Å². The van der Waals surface area contributed by atoms with Crippen LogP contribution in [0.25, 0.3) is 6.08 Å². The monoisotopic (exact) mass is 388 g/mol. The van der Waals surface area contributed by atoms with Crippen LogP contribution in [-0.2, 0) is 4.79 Å². The van der Waals surface area contributed by atoms with E-state index in [0.717, 1.165) is 17.0 Å². The zero-order valence-electron chi connectivity index (χ0n) is 14.3. The average Bonchev–Trinajstić information content (AvgIpc) is 2.97. The number of methoxy groups -OCH3 is 1. The van der Waals surface area contributed by atoms with Crippen LogP contribution in [-0.4, -0.2) is 24.8 Å². The van der Waals surface area contributed by atoms with Crippen LogP contribution in [0.4, 0.5) is 5.69 Å². The Bertz CT molecular complexity index is 879. The van der Waals surface area contributed by atoms with E-state index < -0.39 is 0 Å². The lowest BCUT2D eigenvalue weighted by atomic mass is 10.2. The zero-order valence-corrected chi connectivity index (χ0v) is 15.9. The maximum absolute atomic E-state index is 12.3. The maximum Gasteiger partial charge on any atom is 0.264 e. The molecule has 0 spiro atoms. The minimum atomic E-state index is -0.204. The number of hydrogen-bond donors (Lipinski definition) is 1. The molecule has 2 aromatic carbocycles. The highest BCUT2D eigenvalue weighted by Gasteiger charge is 2.24. The third-order valence-corrected chi connectivity index (χ3v) is 4.66. The van der Waals surface area contributed by atoms with Crippen molar-refractivity contribution in [3.63, 3.8) is 0 Å². The summed E-state index contributed by atoms with van der Waals surface area (Å²) in [6.45, 7) is 2.43. The number of hydrogen-bond acceptors (Lipinski definition) is 5. The minimum Gasteiger partial charge on any atom is -0.497 e. The first-order valence-electron chi connectivity index (χ1n) is 7.95. The lowest BCUT2D eigenvalue weighted by Gasteiger charge is -2.07. The number of halogens is 1. The topological polar surface area (TPSA) is 59.9 Å². The number of amides is 1. The van der Waals surface area contributed by atoms with Gasteiger partial charge in [0.05, 0.1) is 24.3 Å². The van der Waals surface area contributed by atoms with Gasteiger partial charge in [-0.3, -0.25) is 4.79 Å². The molecule has 1 heterocycles. The second-order valence-electron chi connectivity index (χ2n) is 5.29. The molecule has 0 bridgehead atoms. The van der Waals surface area contributed by atoms with Gasteiger partial charge in [0, 0.05) is 10.6 Å². The van der Waals surface area contributed by atoms with Crippen LogP contribution in [0.3, 0.4) is 0 Å². The predicted molar refractivity (Wildman–Crippen MR) is 106 cm³/mol. The Hall–Kier alpha value is -2.44. The van der Waals surface area contributed by atoms with Gasteiger partial charge in [-0.25, -0.2) is 4.99 Å². The van der Waals surface area contributed by atoms with E-state index in [1.807, 2.05) is 31.2 Å². The molecule has 1 fully saturated rings. The summed E-state index contributed by atoms with van der Waals surface area (Å²) in [5.41, 5.74) is 1.48. The maximum atomic E-state index is 12.3. The molecular weight excluding hydrogens is 372 g/mol. The quantitative estimate of drug-likeness (QED) is 0.758. The van der Waals surface area contributed by atoms with E-state index in [4.69, 9.17) is 21.1 Å². The molecule has 134 valence electrons. The van der Waals surface area contributed by atoms with Crippen molar-refractivity contribution >= 4 is 46.2 Å². The first-order valence-corrected chi connectivity index (χ1v) is 9.14. The van der Waals surface area contributed by atoms with Crippen LogP contribution in [0.5, 0.6) is 11.5 Å². The van der Waals surface area contributed by atoms with Crippen LogP contribution < -0.4 is 14.8 Å². The fourth-order valence-corrected chi connectivity index (χ4v) is 3.33. The van der Waals surface area contributed by atoms with Gasteiger partial charge in [-0.1, -0.05) is 11.6 Å². The molecule has 0 atom stereocenters. The zero-order chi connectivity index (χ0) is 18.5. The number of ether oxygens (including phenoxy) is 2. The van der Waals surface area contributed by atoms with Gasteiger partial charge in [-0.05, 0) is 67.2 Å². The lowest BCUT2D eigenvalue weighted by Crippen LogP contribution is -2.19. The Morgan fingerprint density at radius 1 is 1.23 bits per heavy atom. The highest BCUT2D eigenvalue weighted by atomic mass is 35.5. The number of nitrogens with zero attached hydrogens (tertiary/aromatic N) is 1. The fraction of sp³-hybridized carbons (Fsp3) is 0.158. The molecule has 1 saturated heterocycles. The van der Waals surface area contributed by atoms with Gasteiger partial charge < -0.3 is 14.8 Å². The molecule has 26 heavy (non-hydrogen) atoms. The van der Waals surface area contributed by atoms with Crippen molar-refractivity contribution in [1.82, 2.24) is 5.32 Å². The van der Waals surface area contributed by atoms with E-state index in [-0.39, 0.29) is 5.91 Å². The van der Waals surface area contributed by atoms with Gasteiger partial charge in [0.15, 0.2) is 5.17 Å². The van der Waals surface area contributed by atoms with E-state index >= 15 is 0 Å². The fourth-order valence-electron chi connectivity index (χ4n) is 2.31. The standard InChI is InChI=1S/C19H17ClN2O3S/c1-3-25-16-9-4-13(20)10-12(16)11-17-18(23)22-19(26-17)21-14-5-7-15(24-2)8-6-14/h4-11H,3H2,1-2H3,(H,21,22,23)/b17-11-. The Morgan fingerprint density at radius 3 is 2.69 bits per heavy atom. The Morgan fingerprint density at radius 2 is 2.00 bits per heavy atom. The number of nitrogens with one attached hydrogen (secondary N) is 1. The van der Waals surface area contributed by atoms with Crippen LogP contribution in [0.2, 0.25) is 5.02 Å². The van der Waals surface area contributed by atoms with Crippen molar-refractivity contribution in [3.05, 3.63) is 58.0 Å². The van der Waals surface area contributed by atoms with Crippen LogP contribution in [0, 0.1) is 0 Å². The van der Waals surface area contributed by atoms with E-state index in [9.17, 15) is 4.79 Å². The van der Waals surface area contributed by atoms with Crippen LogP contribution in [0.1, 0.15) is 12.5 Å². The van der Waals surface area contributed by atoms with Crippen molar-refractivity contribution in [2.45, 2.75) is 6.92 Å². The Kier molecular flexibility index (Phi) is 5.85. The number of carbonyl (C=O) groups is 1. The second-order valence-corrected chi connectivity index (χ2v) is 6.76. The molecule has 1 aliphatic heterocycles. The largest absolute Gasteiger partial charge is 0.497 e. The van der Waals surface area contributed by atoms with Crippen molar-refractivity contribution < 1.29 is 14.3 Å². The summed E-state index contributed by atoms with van der Waals surface area (Å²) in [4.78, 5) is 17.2. The van der Waals surface area contributed by atoms with Crippen LogP contribution in [0.15, 0.2) is 52.4 Å². The summed E-state index contributed by atoms with van der Waals surface area (Å²) in [7, 11) is 1.61. The molecule has 0 aromatic heterocycles. The molecule has 0 radical (unpaired) electrons. The second kappa shape index (κ2) is 8.29. The number of benzene rings is 2. The van der Waals surface area contributed by atoms with Crippen molar-refractivity contribution in [3.8, 4) is 11.5 Å². The third kappa shape index (κ3) is 4.39. The molecule has 1 amide bonds. The smallest absolute Gasteiger partial charge is 0.264 e. The average molecular weight is 389 g/mol. The number of carbonyl (C=O) groups excluding carboxylic acids is 1. The normalized spacial score (nSPS) is 16.8. The molecule has 5 nitrogen and oxygen atoms in total. The van der Waals surface area contributed by atoms with Gasteiger partial charge in [0.1, 0.15) is 11.5 Å². The molecule has 0 saturated carbocycles. The van der Waals surface area contributed by atoms with E-state index in [1.54, 1.807) is 31.4 Å². The highest BCUT2D eigenvalue weighted by Crippen LogP contribution is 2.32. The molecular formula is C19H17ClN2O3S. The van der Waals surface area contributed by atoms with E-state index in [2.05, 4.69) is 10.3 Å². The minimum absolute atomic E-state index is 0.204. The van der Waals surface area contributed by atoms with Crippen molar-refractivity contribution in [2.75, 3.05) is 13.7 Å². The number of aliphatic imine (C=N–C) groups is 1. The number of amidine groups is 1. The molecule has 3 rings (SSSR count). The molecule has 7 heteroatoms. The summed E-state index contributed by atoms with van der Waals surface area (Å²) in [5, 5.41) is 3.87. The molecule has 2 aromatic rings. The lowest BCUT2D eigenvalue weighted by molar-refractivity contribution is -0.115. The Balaban J connectivity index is 1.84. The Labute approximate surface area is 161 Å². The summed E-state index contributed by atoms with van der Waals surface area (Å²) in [6, 6.07) is 12.6. The third-order valence-electron chi connectivity index (χ3n) is 3.51. The molecule has 1 N–H and O–H groups in total. The highest BCUT2D eigenvalue weighted by molar-refractivity contribution is 8.18. The summed E-state index contributed by atoms with van der Waals surface area (Å²) in [6.07, 6.45) is 1.76. The molecule has 0 unspecified atom stereocenters. The van der Waals surface area contributed by atoms with E-state index in [0.29, 0.717) is 27.5 Å². The predicted octanol–water partition coefficient (Wildman–Crippen LogP) is 4.64. The van der Waals surface area contributed by atoms with Crippen molar-refractivity contribution in [2.24, 2.45) is 4.99 Å². The van der Waals surface area contributed by atoms with Gasteiger partial charge in [0.25, 0.3) is 5.91 Å². The number of rotatable bonds is 5. The first kappa shape index (κ1) is 18.4. The summed E-state index contributed by atoms with van der Waals surface area (Å²) in [5.74, 6) is 1.23. The van der Waals surface area contributed by atoms with Crippen LogP contribution >= 0.6 is 23.4 Å². The van der Waals surface area contributed by atoms with Crippen molar-refractivity contribution in [1.29, 1.82) is 0 Å². The summed E-state index contributed by atoms with van der Waals surface area (Å²) < 4.78 is 10.7. The van der Waals surface area contributed by atoms with Gasteiger partial charge in [0.2, 0.25) is 0 Å². The molecule has 0 aliphatic carbocycles.